The summed E-state index contributed by atoms with van der Waals surface area (Å²) in [5.41, 5.74) is -0.264. The van der Waals surface area contributed by atoms with Crippen LogP contribution >= 0.6 is 0 Å². The molecule has 16 heavy (non-hydrogen) atoms. The molecule has 1 saturated heterocycles. The third-order valence-electron chi connectivity index (χ3n) is 3.15. The second-order valence-electron chi connectivity index (χ2n) is 5.69. The topological polar surface area (TPSA) is 35.6 Å². The number of carbonyl (C=O) groups is 1. The first-order chi connectivity index (χ1) is 7.36. The Kier molecular flexibility index (Phi) is 4.33. The van der Waals surface area contributed by atoms with E-state index in [0.29, 0.717) is 6.04 Å². The fraction of sp³-hybridized carbons (Fsp3) is 0.917. The minimum atomic E-state index is -0.264. The number of hydrogen-bond donors (Lipinski definition) is 1. The van der Waals surface area contributed by atoms with Crippen LogP contribution in [0.15, 0.2) is 0 Å². The zero-order valence-corrected chi connectivity index (χ0v) is 11.2. The number of nitrogens with zero attached hydrogens (tertiary/aromatic N) is 2. The van der Waals surface area contributed by atoms with Crippen LogP contribution in [-0.2, 0) is 4.79 Å². The number of nitrogens with one attached hydrogen (secondary N) is 1. The van der Waals surface area contributed by atoms with Gasteiger partial charge in [-0.15, -0.1) is 0 Å². The van der Waals surface area contributed by atoms with E-state index < -0.39 is 0 Å². The molecule has 0 spiro atoms. The Morgan fingerprint density at radius 1 is 1.38 bits per heavy atom. The van der Waals surface area contributed by atoms with Crippen molar-refractivity contribution in [3.05, 3.63) is 0 Å². The standard InChI is InChI=1S/C12H25N3O/c1-12(2,3)11(16)15-7-6-14(5)10(9-15)8-13-4/h10,13H,6-9H2,1-5H3. The van der Waals surface area contributed by atoms with E-state index in [1.54, 1.807) is 0 Å². The summed E-state index contributed by atoms with van der Waals surface area (Å²) in [5, 5.41) is 3.19. The van der Waals surface area contributed by atoms with Crippen LogP contribution < -0.4 is 5.32 Å². The lowest BCUT2D eigenvalue weighted by Gasteiger charge is -2.41. The van der Waals surface area contributed by atoms with Crippen molar-refractivity contribution in [1.29, 1.82) is 0 Å². The van der Waals surface area contributed by atoms with Crippen LogP contribution in [0, 0.1) is 5.41 Å². The maximum atomic E-state index is 12.2. The molecule has 0 bridgehead atoms. The van der Waals surface area contributed by atoms with E-state index >= 15 is 0 Å². The van der Waals surface area contributed by atoms with Crippen molar-refractivity contribution in [3.8, 4) is 0 Å². The summed E-state index contributed by atoms with van der Waals surface area (Å²) in [5.74, 6) is 0.265. The van der Waals surface area contributed by atoms with E-state index in [0.717, 1.165) is 26.2 Å². The Morgan fingerprint density at radius 3 is 2.50 bits per heavy atom. The third-order valence-corrected chi connectivity index (χ3v) is 3.15. The van der Waals surface area contributed by atoms with Crippen molar-refractivity contribution < 1.29 is 4.79 Å². The van der Waals surface area contributed by atoms with Crippen LogP contribution in [0.1, 0.15) is 20.8 Å². The highest BCUT2D eigenvalue weighted by Gasteiger charge is 2.32. The first-order valence-corrected chi connectivity index (χ1v) is 6.00. The van der Waals surface area contributed by atoms with Gasteiger partial charge in [-0.05, 0) is 14.1 Å². The Balaban J connectivity index is 2.61. The zero-order chi connectivity index (χ0) is 12.3. The van der Waals surface area contributed by atoms with Gasteiger partial charge in [0.15, 0.2) is 0 Å². The minimum Gasteiger partial charge on any atom is -0.339 e. The first-order valence-electron chi connectivity index (χ1n) is 6.00. The molecule has 0 radical (unpaired) electrons. The quantitative estimate of drug-likeness (QED) is 0.741. The Morgan fingerprint density at radius 2 is 2.00 bits per heavy atom. The predicted octanol–water partition coefficient (Wildman–Crippen LogP) is 0.394. The van der Waals surface area contributed by atoms with E-state index in [-0.39, 0.29) is 11.3 Å². The average molecular weight is 227 g/mol. The van der Waals surface area contributed by atoms with Gasteiger partial charge in [0.05, 0.1) is 0 Å². The molecule has 1 amide bonds. The molecule has 1 aliphatic heterocycles. The molecule has 1 aliphatic rings. The highest BCUT2D eigenvalue weighted by atomic mass is 16.2. The van der Waals surface area contributed by atoms with Crippen molar-refractivity contribution in [1.82, 2.24) is 15.1 Å². The SMILES string of the molecule is CNCC1CN(C(=O)C(C)(C)C)CCN1C. The van der Waals surface area contributed by atoms with Gasteiger partial charge >= 0.3 is 0 Å². The Bertz CT molecular complexity index is 247. The number of likely N-dealkylation sites (N-methyl/N-ethyl adjacent to an activating group) is 2. The Labute approximate surface area is 99.0 Å². The molecule has 1 fully saturated rings. The lowest BCUT2D eigenvalue weighted by molar-refractivity contribution is -0.142. The second kappa shape index (κ2) is 5.15. The van der Waals surface area contributed by atoms with E-state index in [2.05, 4.69) is 17.3 Å². The third kappa shape index (κ3) is 3.19. The largest absolute Gasteiger partial charge is 0.339 e. The molecule has 4 nitrogen and oxygen atoms in total. The lowest BCUT2D eigenvalue weighted by Crippen LogP contribution is -2.57. The summed E-state index contributed by atoms with van der Waals surface area (Å²) in [4.78, 5) is 16.5. The van der Waals surface area contributed by atoms with E-state index in [1.807, 2.05) is 32.7 Å². The number of hydrogen-bond acceptors (Lipinski definition) is 3. The minimum absolute atomic E-state index is 0.264. The van der Waals surface area contributed by atoms with Crippen LogP contribution in [0.5, 0.6) is 0 Å². The van der Waals surface area contributed by atoms with Crippen molar-refractivity contribution in [2.75, 3.05) is 40.3 Å². The van der Waals surface area contributed by atoms with Gasteiger partial charge in [0, 0.05) is 37.6 Å². The van der Waals surface area contributed by atoms with Crippen LogP contribution in [-0.4, -0.2) is 62.0 Å². The molecule has 4 heteroatoms. The molecule has 1 unspecified atom stereocenters. The number of amides is 1. The van der Waals surface area contributed by atoms with E-state index in [4.69, 9.17) is 0 Å². The van der Waals surface area contributed by atoms with Gasteiger partial charge in [-0.25, -0.2) is 0 Å². The number of carbonyl (C=O) groups excluding carboxylic acids is 1. The fourth-order valence-electron chi connectivity index (χ4n) is 2.06. The summed E-state index contributed by atoms with van der Waals surface area (Å²) < 4.78 is 0. The van der Waals surface area contributed by atoms with Crippen molar-refractivity contribution >= 4 is 5.91 Å². The van der Waals surface area contributed by atoms with Crippen LogP contribution in [0.25, 0.3) is 0 Å². The summed E-state index contributed by atoms with van der Waals surface area (Å²) in [6, 6.07) is 0.435. The molecule has 0 aromatic heterocycles. The van der Waals surface area contributed by atoms with Gasteiger partial charge in [0.1, 0.15) is 0 Å². The smallest absolute Gasteiger partial charge is 0.228 e. The van der Waals surface area contributed by atoms with Crippen LogP contribution in [0.4, 0.5) is 0 Å². The van der Waals surface area contributed by atoms with Crippen LogP contribution in [0.3, 0.4) is 0 Å². The summed E-state index contributed by atoms with van der Waals surface area (Å²) in [7, 11) is 4.08. The lowest BCUT2D eigenvalue weighted by atomic mass is 9.94. The summed E-state index contributed by atoms with van der Waals surface area (Å²) in [6.07, 6.45) is 0. The summed E-state index contributed by atoms with van der Waals surface area (Å²) >= 11 is 0. The van der Waals surface area contributed by atoms with Crippen molar-refractivity contribution in [3.63, 3.8) is 0 Å². The van der Waals surface area contributed by atoms with Gasteiger partial charge in [0.2, 0.25) is 5.91 Å². The van der Waals surface area contributed by atoms with Crippen molar-refractivity contribution in [2.24, 2.45) is 5.41 Å². The van der Waals surface area contributed by atoms with E-state index in [1.165, 1.54) is 0 Å². The highest BCUT2D eigenvalue weighted by molar-refractivity contribution is 5.81. The molecule has 1 N–H and O–H groups in total. The molecule has 1 atom stereocenters. The monoisotopic (exact) mass is 227 g/mol. The Hall–Kier alpha value is -0.610. The normalized spacial score (nSPS) is 23.6. The van der Waals surface area contributed by atoms with Gasteiger partial charge in [-0.2, -0.15) is 0 Å². The molecular weight excluding hydrogens is 202 g/mol. The molecule has 0 aliphatic carbocycles. The highest BCUT2D eigenvalue weighted by Crippen LogP contribution is 2.19. The molecule has 1 rings (SSSR count). The first kappa shape index (κ1) is 13.5. The molecule has 0 aromatic rings. The summed E-state index contributed by atoms with van der Waals surface area (Å²) in [6.45, 7) is 9.56. The van der Waals surface area contributed by atoms with Gasteiger partial charge in [0.25, 0.3) is 0 Å². The van der Waals surface area contributed by atoms with Crippen LogP contribution in [0.2, 0.25) is 0 Å². The zero-order valence-electron chi connectivity index (χ0n) is 11.2. The second-order valence-corrected chi connectivity index (χ2v) is 5.69. The van der Waals surface area contributed by atoms with E-state index in [9.17, 15) is 4.79 Å². The maximum Gasteiger partial charge on any atom is 0.228 e. The predicted molar refractivity (Wildman–Crippen MR) is 66.4 cm³/mol. The fourth-order valence-corrected chi connectivity index (χ4v) is 2.06. The average Bonchev–Trinajstić information content (AvgIpc) is 2.19. The molecule has 94 valence electrons. The van der Waals surface area contributed by atoms with Crippen molar-refractivity contribution in [2.45, 2.75) is 26.8 Å². The van der Waals surface area contributed by atoms with Gasteiger partial charge in [-0.1, -0.05) is 20.8 Å². The molecule has 1 heterocycles. The molecule has 0 aromatic carbocycles. The molecule has 0 saturated carbocycles. The number of rotatable bonds is 2. The van der Waals surface area contributed by atoms with Gasteiger partial charge in [-0.3, -0.25) is 9.69 Å². The molecular formula is C12H25N3O. The van der Waals surface area contributed by atoms with Gasteiger partial charge < -0.3 is 10.2 Å². The number of piperazine rings is 1. The maximum absolute atomic E-state index is 12.2.